The van der Waals surface area contributed by atoms with Gasteiger partial charge in [-0.25, -0.2) is 4.79 Å². The van der Waals surface area contributed by atoms with Crippen LogP contribution in [0.5, 0.6) is 0 Å². The first-order chi connectivity index (χ1) is 17.1. The molecular formula is C28H37N3O5. The highest BCUT2D eigenvalue weighted by Crippen LogP contribution is 2.21. The number of alkyl carbamates (subject to hydrolysis) is 1. The van der Waals surface area contributed by atoms with Crippen LogP contribution < -0.4 is 16.4 Å². The van der Waals surface area contributed by atoms with Crippen molar-refractivity contribution in [1.82, 2.24) is 10.6 Å². The molecule has 0 bridgehead atoms. The van der Waals surface area contributed by atoms with E-state index in [0.717, 1.165) is 5.56 Å². The lowest BCUT2D eigenvalue weighted by atomic mass is 9.77. The standard InChI is InChI=1S/C28H37N3O5/c1-5-20(4)23(31-27(35)36-18-22-14-10-7-11-15-22)24(32)28(29,16-21-12-8-6-9-13-21)25(33)26(34)30-17-19(2)3/h6-15,19-20,23H,5,16-18,29H2,1-4H3,(H,30,34)(H,31,35)/t20-,23-,28-/m0/s1. The number of amides is 2. The van der Waals surface area contributed by atoms with E-state index in [1.165, 1.54) is 0 Å². The molecule has 0 aliphatic heterocycles. The van der Waals surface area contributed by atoms with Crippen molar-refractivity contribution in [3.8, 4) is 0 Å². The van der Waals surface area contributed by atoms with E-state index in [0.29, 0.717) is 12.0 Å². The second-order valence-corrected chi connectivity index (χ2v) is 9.50. The largest absolute Gasteiger partial charge is 0.445 e. The lowest BCUT2D eigenvalue weighted by Crippen LogP contribution is -2.66. The Morgan fingerprint density at radius 3 is 2.00 bits per heavy atom. The molecular weight excluding hydrogens is 458 g/mol. The van der Waals surface area contributed by atoms with Gasteiger partial charge in [-0.1, -0.05) is 94.8 Å². The summed E-state index contributed by atoms with van der Waals surface area (Å²) in [5.74, 6) is -2.96. The summed E-state index contributed by atoms with van der Waals surface area (Å²) in [7, 11) is 0. The number of nitrogens with one attached hydrogen (secondary N) is 2. The number of hydrogen-bond donors (Lipinski definition) is 3. The third-order valence-electron chi connectivity index (χ3n) is 6.03. The maximum atomic E-state index is 13.9. The van der Waals surface area contributed by atoms with Crippen molar-refractivity contribution in [2.45, 2.75) is 58.7 Å². The summed E-state index contributed by atoms with van der Waals surface area (Å²) < 4.78 is 5.30. The second kappa shape index (κ2) is 13.5. The van der Waals surface area contributed by atoms with Crippen LogP contribution in [0.3, 0.4) is 0 Å². The molecule has 36 heavy (non-hydrogen) atoms. The minimum Gasteiger partial charge on any atom is -0.445 e. The molecule has 0 aliphatic carbocycles. The van der Waals surface area contributed by atoms with Crippen LogP contribution in [-0.4, -0.2) is 41.7 Å². The van der Waals surface area contributed by atoms with Gasteiger partial charge in [-0.3, -0.25) is 14.4 Å². The molecule has 0 radical (unpaired) electrons. The zero-order valence-corrected chi connectivity index (χ0v) is 21.5. The number of Topliss-reactive ketones (excluding diaryl/α,β-unsaturated/α-hetero) is 2. The average Bonchev–Trinajstić information content (AvgIpc) is 2.88. The van der Waals surface area contributed by atoms with Gasteiger partial charge in [0.2, 0.25) is 5.78 Å². The highest BCUT2D eigenvalue weighted by Gasteiger charge is 2.49. The molecule has 8 heteroatoms. The summed E-state index contributed by atoms with van der Waals surface area (Å²) in [5.41, 5.74) is 5.73. The second-order valence-electron chi connectivity index (χ2n) is 9.50. The molecule has 0 spiro atoms. The maximum Gasteiger partial charge on any atom is 0.408 e. The van der Waals surface area contributed by atoms with E-state index in [2.05, 4.69) is 10.6 Å². The van der Waals surface area contributed by atoms with Crippen molar-refractivity contribution in [1.29, 1.82) is 0 Å². The summed E-state index contributed by atoms with van der Waals surface area (Å²) in [6, 6.07) is 16.8. The van der Waals surface area contributed by atoms with Crippen LogP contribution in [0, 0.1) is 11.8 Å². The fourth-order valence-corrected chi connectivity index (χ4v) is 3.65. The van der Waals surface area contributed by atoms with E-state index >= 15 is 0 Å². The molecule has 2 aromatic rings. The third kappa shape index (κ3) is 8.02. The Bertz CT molecular complexity index is 1030. The SMILES string of the molecule is CC[C@H](C)[C@H](NC(=O)OCc1ccccc1)C(=O)[C@@](N)(Cc1ccccc1)C(=O)C(=O)NCC(C)C. The molecule has 8 nitrogen and oxygen atoms in total. The number of rotatable bonds is 13. The molecule has 3 atom stereocenters. The fourth-order valence-electron chi connectivity index (χ4n) is 3.65. The number of ether oxygens (including phenoxy) is 1. The van der Waals surface area contributed by atoms with Crippen LogP contribution in [0.15, 0.2) is 60.7 Å². The molecule has 0 unspecified atom stereocenters. The smallest absolute Gasteiger partial charge is 0.408 e. The van der Waals surface area contributed by atoms with Gasteiger partial charge in [0.1, 0.15) is 6.61 Å². The predicted molar refractivity (Wildman–Crippen MR) is 138 cm³/mol. The van der Waals surface area contributed by atoms with Gasteiger partial charge in [0.15, 0.2) is 11.3 Å². The van der Waals surface area contributed by atoms with Gasteiger partial charge in [0, 0.05) is 13.0 Å². The van der Waals surface area contributed by atoms with E-state index in [4.69, 9.17) is 10.5 Å². The van der Waals surface area contributed by atoms with Gasteiger partial charge in [-0.05, 0) is 23.0 Å². The molecule has 2 amide bonds. The van der Waals surface area contributed by atoms with Crippen molar-refractivity contribution in [3.05, 3.63) is 71.8 Å². The first-order valence-corrected chi connectivity index (χ1v) is 12.2. The Balaban J connectivity index is 2.31. The van der Waals surface area contributed by atoms with Crippen LogP contribution in [0.4, 0.5) is 4.79 Å². The minimum atomic E-state index is -2.18. The lowest BCUT2D eigenvalue weighted by molar-refractivity contribution is -0.145. The fraction of sp³-hybridized carbons (Fsp3) is 0.429. The molecule has 194 valence electrons. The molecule has 0 heterocycles. The Morgan fingerprint density at radius 1 is 0.917 bits per heavy atom. The number of benzene rings is 2. The number of hydrogen-bond acceptors (Lipinski definition) is 6. The zero-order chi connectivity index (χ0) is 26.7. The Hall–Kier alpha value is -3.52. The van der Waals surface area contributed by atoms with E-state index < -0.39 is 35.1 Å². The van der Waals surface area contributed by atoms with E-state index in [-0.39, 0.29) is 31.4 Å². The third-order valence-corrected chi connectivity index (χ3v) is 6.03. The summed E-state index contributed by atoms with van der Waals surface area (Å²) >= 11 is 0. The molecule has 0 aromatic heterocycles. The van der Waals surface area contributed by atoms with Gasteiger partial charge in [0.05, 0.1) is 6.04 Å². The first-order valence-electron chi connectivity index (χ1n) is 12.2. The Labute approximate surface area is 213 Å². The van der Waals surface area contributed by atoms with Crippen LogP contribution in [0.25, 0.3) is 0 Å². The summed E-state index contributed by atoms with van der Waals surface area (Å²) in [6.07, 6.45) is -0.477. The zero-order valence-electron chi connectivity index (χ0n) is 21.5. The Morgan fingerprint density at radius 2 is 1.47 bits per heavy atom. The molecule has 0 fully saturated rings. The minimum absolute atomic E-state index is 0.0163. The summed E-state index contributed by atoms with van der Waals surface area (Å²) in [5, 5.41) is 5.16. The van der Waals surface area contributed by atoms with E-state index in [1.807, 2.05) is 51.1 Å². The van der Waals surface area contributed by atoms with Crippen LogP contribution in [0.2, 0.25) is 0 Å². The monoisotopic (exact) mass is 495 g/mol. The van der Waals surface area contributed by atoms with Gasteiger partial charge < -0.3 is 21.1 Å². The van der Waals surface area contributed by atoms with Gasteiger partial charge in [0.25, 0.3) is 5.91 Å². The first kappa shape index (κ1) is 28.7. The van der Waals surface area contributed by atoms with E-state index in [1.54, 1.807) is 37.3 Å². The predicted octanol–water partition coefficient (Wildman–Crippen LogP) is 3.18. The van der Waals surface area contributed by atoms with Crippen molar-refractivity contribution in [3.63, 3.8) is 0 Å². The van der Waals surface area contributed by atoms with Crippen molar-refractivity contribution >= 4 is 23.6 Å². The van der Waals surface area contributed by atoms with E-state index in [9.17, 15) is 19.2 Å². The summed E-state index contributed by atoms with van der Waals surface area (Å²) in [6.45, 7) is 7.68. The molecule has 0 saturated carbocycles. The van der Waals surface area contributed by atoms with Crippen LogP contribution in [0.1, 0.15) is 45.2 Å². The summed E-state index contributed by atoms with van der Waals surface area (Å²) in [4.78, 5) is 52.6. The number of carbonyl (C=O) groups is 4. The molecule has 4 N–H and O–H groups in total. The normalized spacial score (nSPS) is 14.3. The number of ketones is 2. The van der Waals surface area contributed by atoms with Gasteiger partial charge in [-0.2, -0.15) is 0 Å². The molecule has 2 rings (SSSR count). The molecule has 2 aromatic carbocycles. The topological polar surface area (TPSA) is 128 Å². The Kier molecular flexibility index (Phi) is 10.8. The highest BCUT2D eigenvalue weighted by atomic mass is 16.5. The van der Waals surface area contributed by atoms with Gasteiger partial charge >= 0.3 is 6.09 Å². The lowest BCUT2D eigenvalue weighted by Gasteiger charge is -2.33. The van der Waals surface area contributed by atoms with Crippen molar-refractivity contribution in [2.24, 2.45) is 17.6 Å². The average molecular weight is 496 g/mol. The van der Waals surface area contributed by atoms with Crippen LogP contribution >= 0.6 is 0 Å². The van der Waals surface area contributed by atoms with Gasteiger partial charge in [-0.15, -0.1) is 0 Å². The number of nitrogens with two attached hydrogens (primary N) is 1. The highest BCUT2D eigenvalue weighted by molar-refractivity contribution is 6.44. The maximum absolute atomic E-state index is 13.9. The van der Waals surface area contributed by atoms with Crippen molar-refractivity contribution in [2.75, 3.05) is 6.54 Å². The van der Waals surface area contributed by atoms with Crippen LogP contribution in [-0.2, 0) is 32.1 Å². The molecule has 0 saturated heterocycles. The molecule has 0 aliphatic rings. The quantitative estimate of drug-likeness (QED) is 0.289. The van der Waals surface area contributed by atoms with Crippen molar-refractivity contribution < 1.29 is 23.9 Å². The number of carbonyl (C=O) groups excluding carboxylic acids is 4.